The van der Waals surface area contributed by atoms with E-state index < -0.39 is 17.6 Å². The second kappa shape index (κ2) is 10.1. The van der Waals surface area contributed by atoms with E-state index in [0.717, 1.165) is 35.7 Å². The van der Waals surface area contributed by atoms with Gasteiger partial charge in [0.25, 0.3) is 5.91 Å². The van der Waals surface area contributed by atoms with Gasteiger partial charge in [-0.2, -0.15) is 13.2 Å². The number of rotatable bonds is 7. The van der Waals surface area contributed by atoms with E-state index in [9.17, 15) is 18.0 Å². The van der Waals surface area contributed by atoms with Gasteiger partial charge in [0.05, 0.1) is 10.6 Å². The lowest BCUT2D eigenvalue weighted by Crippen LogP contribution is -2.42. The molecule has 0 saturated carbocycles. The van der Waals surface area contributed by atoms with Crippen molar-refractivity contribution >= 4 is 23.2 Å². The van der Waals surface area contributed by atoms with Crippen molar-refractivity contribution < 1.29 is 18.0 Å². The average Bonchev–Trinajstić information content (AvgIpc) is 3.08. The molecule has 3 N–H and O–H groups in total. The molecule has 0 atom stereocenters. The zero-order valence-electron chi connectivity index (χ0n) is 15.6. The number of guanidine groups is 1. The molecule has 2 rings (SSSR count). The predicted molar refractivity (Wildman–Crippen MR) is 104 cm³/mol. The van der Waals surface area contributed by atoms with Gasteiger partial charge in [0.15, 0.2) is 5.96 Å². The molecule has 0 aliphatic rings. The largest absolute Gasteiger partial charge is 0.416 e. The van der Waals surface area contributed by atoms with E-state index in [1.165, 1.54) is 4.88 Å². The van der Waals surface area contributed by atoms with Crippen molar-refractivity contribution in [3.05, 3.63) is 51.5 Å². The highest BCUT2D eigenvalue weighted by molar-refractivity contribution is 7.11. The number of thiazole rings is 1. The van der Waals surface area contributed by atoms with Gasteiger partial charge in [-0.25, -0.2) is 4.98 Å². The number of nitrogens with zero attached hydrogens (tertiary/aromatic N) is 2. The van der Waals surface area contributed by atoms with E-state index in [-0.39, 0.29) is 5.56 Å². The normalized spacial score (nSPS) is 12.0. The molecule has 0 unspecified atom stereocenters. The van der Waals surface area contributed by atoms with Gasteiger partial charge in [0.1, 0.15) is 0 Å². The molecular weight excluding hydrogens is 391 g/mol. The SMILES string of the molecule is CN=C(NCCNC(=O)c1ccc(C(F)(F)F)cc1)NCCc1ncc(C)s1. The lowest BCUT2D eigenvalue weighted by Gasteiger charge is -2.12. The minimum Gasteiger partial charge on any atom is -0.356 e. The van der Waals surface area contributed by atoms with Gasteiger partial charge in [-0.1, -0.05) is 0 Å². The van der Waals surface area contributed by atoms with Crippen molar-refractivity contribution in [3.8, 4) is 0 Å². The molecule has 1 amide bonds. The molecule has 28 heavy (non-hydrogen) atoms. The lowest BCUT2D eigenvalue weighted by atomic mass is 10.1. The Hall–Kier alpha value is -2.62. The highest BCUT2D eigenvalue weighted by atomic mass is 32.1. The summed E-state index contributed by atoms with van der Waals surface area (Å²) in [5, 5.41) is 9.90. The van der Waals surface area contributed by atoms with Crippen molar-refractivity contribution in [1.82, 2.24) is 20.9 Å². The van der Waals surface area contributed by atoms with Gasteiger partial charge in [0.2, 0.25) is 0 Å². The Morgan fingerprint density at radius 2 is 1.75 bits per heavy atom. The Morgan fingerprint density at radius 3 is 2.32 bits per heavy atom. The summed E-state index contributed by atoms with van der Waals surface area (Å²) in [5.74, 6) is 0.162. The molecule has 0 fully saturated rings. The number of amides is 1. The van der Waals surface area contributed by atoms with Gasteiger partial charge in [0, 0.05) is 49.7 Å². The zero-order chi connectivity index (χ0) is 20.6. The first kappa shape index (κ1) is 21.7. The third kappa shape index (κ3) is 6.84. The Labute approximate surface area is 165 Å². The Kier molecular flexibility index (Phi) is 7.80. The van der Waals surface area contributed by atoms with E-state index >= 15 is 0 Å². The molecule has 0 aliphatic heterocycles. The summed E-state index contributed by atoms with van der Waals surface area (Å²) in [6, 6.07) is 4.10. The number of aryl methyl sites for hydroxylation is 1. The fourth-order valence-electron chi connectivity index (χ4n) is 2.30. The number of carbonyl (C=O) groups is 1. The minimum atomic E-state index is -4.42. The van der Waals surface area contributed by atoms with Crippen molar-refractivity contribution in [1.29, 1.82) is 0 Å². The topological polar surface area (TPSA) is 78.4 Å². The number of hydrogen-bond acceptors (Lipinski definition) is 4. The van der Waals surface area contributed by atoms with Crippen LogP contribution < -0.4 is 16.0 Å². The van der Waals surface area contributed by atoms with E-state index in [4.69, 9.17) is 0 Å². The van der Waals surface area contributed by atoms with E-state index in [1.807, 2.05) is 13.1 Å². The lowest BCUT2D eigenvalue weighted by molar-refractivity contribution is -0.137. The molecule has 0 aliphatic carbocycles. The first-order valence-corrected chi connectivity index (χ1v) is 9.42. The van der Waals surface area contributed by atoms with Gasteiger partial charge in [-0.15, -0.1) is 11.3 Å². The van der Waals surface area contributed by atoms with Gasteiger partial charge >= 0.3 is 6.18 Å². The summed E-state index contributed by atoms with van der Waals surface area (Å²) >= 11 is 1.65. The van der Waals surface area contributed by atoms with Crippen LogP contribution in [0.2, 0.25) is 0 Å². The van der Waals surface area contributed by atoms with Crippen LogP contribution in [-0.4, -0.2) is 43.5 Å². The smallest absolute Gasteiger partial charge is 0.356 e. The second-order valence-corrected chi connectivity index (χ2v) is 7.19. The number of aromatic nitrogens is 1. The monoisotopic (exact) mass is 413 g/mol. The molecule has 0 saturated heterocycles. The number of benzene rings is 1. The van der Waals surface area contributed by atoms with Crippen molar-refractivity contribution in [2.75, 3.05) is 26.7 Å². The molecule has 1 aromatic heterocycles. The molecule has 2 aromatic rings. The molecule has 1 heterocycles. The van der Waals surface area contributed by atoms with E-state index in [0.29, 0.717) is 25.6 Å². The number of nitrogens with one attached hydrogen (secondary N) is 3. The van der Waals surface area contributed by atoms with Crippen LogP contribution in [0.15, 0.2) is 35.5 Å². The number of alkyl halides is 3. The first-order chi connectivity index (χ1) is 13.3. The van der Waals surface area contributed by atoms with Gasteiger partial charge in [-0.05, 0) is 31.2 Å². The van der Waals surface area contributed by atoms with E-state index in [1.54, 1.807) is 18.4 Å². The number of aliphatic imine (C=N–C) groups is 1. The molecule has 6 nitrogen and oxygen atoms in total. The van der Waals surface area contributed by atoms with Crippen LogP contribution in [0.4, 0.5) is 13.2 Å². The molecular formula is C18H22F3N5OS. The standard InChI is InChI=1S/C18H22F3N5OS/c1-12-11-26-15(28-12)7-8-24-17(22-2)25-10-9-23-16(27)13-3-5-14(6-4-13)18(19,20)21/h3-6,11H,7-10H2,1-2H3,(H,23,27)(H2,22,24,25). The fraction of sp³-hybridized carbons (Fsp3) is 0.389. The molecule has 1 aromatic carbocycles. The minimum absolute atomic E-state index is 0.175. The number of hydrogen-bond donors (Lipinski definition) is 3. The average molecular weight is 413 g/mol. The van der Waals surface area contributed by atoms with Crippen molar-refractivity contribution in [2.45, 2.75) is 19.5 Å². The maximum absolute atomic E-state index is 12.5. The van der Waals surface area contributed by atoms with Crippen LogP contribution in [0.3, 0.4) is 0 Å². The summed E-state index contributed by atoms with van der Waals surface area (Å²) in [6.45, 7) is 3.40. The van der Waals surface area contributed by atoms with Crippen LogP contribution in [-0.2, 0) is 12.6 Å². The number of halogens is 3. The van der Waals surface area contributed by atoms with Crippen molar-refractivity contribution in [3.63, 3.8) is 0 Å². The summed E-state index contributed by atoms with van der Waals surface area (Å²) in [6.07, 6.45) is -1.80. The zero-order valence-corrected chi connectivity index (χ0v) is 16.4. The summed E-state index contributed by atoms with van der Waals surface area (Å²) in [5.41, 5.74) is -0.609. The quantitative estimate of drug-likeness (QED) is 0.370. The van der Waals surface area contributed by atoms with Crippen LogP contribution in [0, 0.1) is 6.92 Å². The summed E-state index contributed by atoms with van der Waals surface area (Å²) in [4.78, 5) is 21.5. The van der Waals surface area contributed by atoms with Crippen LogP contribution >= 0.6 is 11.3 Å². The van der Waals surface area contributed by atoms with Crippen molar-refractivity contribution in [2.24, 2.45) is 4.99 Å². The Bertz CT molecular complexity index is 802. The molecule has 152 valence electrons. The Morgan fingerprint density at radius 1 is 1.11 bits per heavy atom. The molecule has 0 spiro atoms. The molecule has 0 bridgehead atoms. The molecule has 10 heteroatoms. The maximum atomic E-state index is 12.5. The summed E-state index contributed by atoms with van der Waals surface area (Å²) < 4.78 is 37.6. The highest BCUT2D eigenvalue weighted by Gasteiger charge is 2.30. The van der Waals surface area contributed by atoms with E-state index in [2.05, 4.69) is 25.9 Å². The van der Waals surface area contributed by atoms with Crippen LogP contribution in [0.5, 0.6) is 0 Å². The van der Waals surface area contributed by atoms with Crippen LogP contribution in [0.1, 0.15) is 25.8 Å². The maximum Gasteiger partial charge on any atom is 0.416 e. The molecule has 0 radical (unpaired) electrons. The first-order valence-electron chi connectivity index (χ1n) is 8.61. The number of carbonyl (C=O) groups excluding carboxylic acids is 1. The Balaban J connectivity index is 1.68. The van der Waals surface area contributed by atoms with Crippen LogP contribution in [0.25, 0.3) is 0 Å². The second-order valence-electron chi connectivity index (χ2n) is 5.87. The highest BCUT2D eigenvalue weighted by Crippen LogP contribution is 2.29. The predicted octanol–water partition coefficient (Wildman–Crippen LogP) is 2.61. The van der Waals surface area contributed by atoms with Gasteiger partial charge < -0.3 is 16.0 Å². The third-order valence-electron chi connectivity index (χ3n) is 3.70. The third-order valence-corrected chi connectivity index (χ3v) is 4.67. The summed E-state index contributed by atoms with van der Waals surface area (Å²) in [7, 11) is 1.64. The van der Waals surface area contributed by atoms with Gasteiger partial charge in [-0.3, -0.25) is 9.79 Å². The fourth-order valence-corrected chi connectivity index (χ4v) is 3.08.